The first-order chi connectivity index (χ1) is 16.0. The Labute approximate surface area is 203 Å². The van der Waals surface area contributed by atoms with Crippen LogP contribution in [0.25, 0.3) is 21.3 Å². The highest BCUT2D eigenvalue weighted by atomic mass is 35.5. The van der Waals surface area contributed by atoms with E-state index in [0.29, 0.717) is 11.2 Å². The number of rotatable bonds is 5. The van der Waals surface area contributed by atoms with Crippen LogP contribution >= 0.6 is 22.9 Å². The molecule has 1 saturated heterocycles. The molecule has 4 heterocycles. The zero-order valence-corrected chi connectivity index (χ0v) is 20.7. The Kier molecular flexibility index (Phi) is 6.17. The van der Waals surface area contributed by atoms with Gasteiger partial charge in [0.1, 0.15) is 10.6 Å². The number of fused-ring (bicyclic) bond motifs is 1. The largest absolute Gasteiger partial charge is 0.352 e. The Bertz CT molecular complexity index is 1250. The Morgan fingerprint density at radius 3 is 2.27 bits per heavy atom. The third-order valence-electron chi connectivity index (χ3n) is 6.18. The number of anilines is 2. The molecule has 1 aliphatic rings. The van der Waals surface area contributed by atoms with Crippen molar-refractivity contribution in [3.63, 3.8) is 0 Å². The molecule has 5 rings (SSSR count). The van der Waals surface area contributed by atoms with Gasteiger partial charge < -0.3 is 9.80 Å². The molecule has 0 saturated carbocycles. The first-order valence-electron chi connectivity index (χ1n) is 11.4. The minimum absolute atomic E-state index is 0.303. The SMILES string of the molecule is CCc1sc2nc(Cl)nc(N3CCN(c4ncccn4)CC3)c2c1-c1ccc(C(C)C)cc1. The lowest BCUT2D eigenvalue weighted by Gasteiger charge is -2.35. The summed E-state index contributed by atoms with van der Waals surface area (Å²) in [4.78, 5) is 25.0. The molecule has 0 spiro atoms. The van der Waals surface area contributed by atoms with Crippen LogP contribution in [-0.2, 0) is 6.42 Å². The molecule has 0 bridgehead atoms. The Hall–Kier alpha value is -2.77. The Morgan fingerprint density at radius 1 is 0.970 bits per heavy atom. The maximum absolute atomic E-state index is 6.40. The quantitative estimate of drug-likeness (QED) is 0.337. The van der Waals surface area contributed by atoms with Crippen molar-refractivity contribution < 1.29 is 0 Å². The Balaban J connectivity index is 1.55. The standard InChI is InChI=1S/C25H27ClN6S/c1-4-19-20(18-8-6-17(7-9-18)16(2)3)21-22(29-24(26)30-23(21)33-19)31-12-14-32(15-13-31)25-27-10-5-11-28-25/h5-11,16H,4,12-15H2,1-3H3. The topological polar surface area (TPSA) is 58.0 Å². The van der Waals surface area contributed by atoms with Gasteiger partial charge in [-0.25, -0.2) is 15.0 Å². The molecular weight excluding hydrogens is 452 g/mol. The van der Waals surface area contributed by atoms with E-state index in [0.717, 1.165) is 54.6 Å². The minimum atomic E-state index is 0.303. The summed E-state index contributed by atoms with van der Waals surface area (Å²) in [6.45, 7) is 9.95. The van der Waals surface area contributed by atoms with Crippen LogP contribution < -0.4 is 9.80 Å². The second-order valence-electron chi connectivity index (χ2n) is 8.55. The van der Waals surface area contributed by atoms with Gasteiger partial charge in [-0.15, -0.1) is 11.3 Å². The van der Waals surface area contributed by atoms with E-state index < -0.39 is 0 Å². The molecule has 0 unspecified atom stereocenters. The van der Waals surface area contributed by atoms with E-state index in [2.05, 4.69) is 69.8 Å². The number of piperazine rings is 1. The first-order valence-corrected chi connectivity index (χ1v) is 12.6. The molecule has 33 heavy (non-hydrogen) atoms. The molecule has 8 heteroatoms. The predicted octanol–water partition coefficient (Wildman–Crippen LogP) is 5.81. The molecule has 1 aliphatic heterocycles. The highest BCUT2D eigenvalue weighted by Crippen LogP contribution is 2.43. The summed E-state index contributed by atoms with van der Waals surface area (Å²) in [6.07, 6.45) is 4.52. The summed E-state index contributed by atoms with van der Waals surface area (Å²) in [5.74, 6) is 2.21. The van der Waals surface area contributed by atoms with Crippen LogP contribution in [0.4, 0.5) is 11.8 Å². The van der Waals surface area contributed by atoms with E-state index in [4.69, 9.17) is 16.6 Å². The summed E-state index contributed by atoms with van der Waals surface area (Å²) in [6, 6.07) is 10.8. The van der Waals surface area contributed by atoms with Crippen molar-refractivity contribution in [2.24, 2.45) is 0 Å². The first kappa shape index (κ1) is 22.0. The molecule has 0 aliphatic carbocycles. The van der Waals surface area contributed by atoms with Gasteiger partial charge >= 0.3 is 0 Å². The molecular formula is C25H27ClN6S. The third kappa shape index (κ3) is 4.27. The number of aryl methyl sites for hydroxylation is 1. The maximum atomic E-state index is 6.40. The molecule has 0 radical (unpaired) electrons. The van der Waals surface area contributed by atoms with E-state index in [1.54, 1.807) is 23.7 Å². The summed E-state index contributed by atoms with van der Waals surface area (Å²) in [5.41, 5.74) is 3.80. The van der Waals surface area contributed by atoms with E-state index in [1.807, 2.05) is 6.07 Å². The van der Waals surface area contributed by atoms with Crippen LogP contribution in [0.2, 0.25) is 5.28 Å². The number of hydrogen-bond acceptors (Lipinski definition) is 7. The summed E-state index contributed by atoms with van der Waals surface area (Å²) in [5, 5.41) is 1.42. The number of thiophene rings is 1. The van der Waals surface area contributed by atoms with Crippen LogP contribution in [0.1, 0.15) is 37.1 Å². The second-order valence-corrected chi connectivity index (χ2v) is 9.97. The van der Waals surface area contributed by atoms with Crippen molar-refractivity contribution in [2.75, 3.05) is 36.0 Å². The van der Waals surface area contributed by atoms with Crippen molar-refractivity contribution in [3.05, 3.63) is 58.4 Å². The van der Waals surface area contributed by atoms with Crippen LogP contribution in [-0.4, -0.2) is 46.1 Å². The zero-order valence-electron chi connectivity index (χ0n) is 19.1. The molecule has 3 aromatic heterocycles. The molecule has 6 nitrogen and oxygen atoms in total. The van der Waals surface area contributed by atoms with Gasteiger partial charge in [-0.05, 0) is 41.1 Å². The minimum Gasteiger partial charge on any atom is -0.352 e. The van der Waals surface area contributed by atoms with Crippen molar-refractivity contribution >= 4 is 44.9 Å². The maximum Gasteiger partial charge on any atom is 0.225 e. The number of halogens is 1. The predicted molar refractivity (Wildman–Crippen MR) is 138 cm³/mol. The fourth-order valence-electron chi connectivity index (χ4n) is 4.39. The molecule has 170 valence electrons. The van der Waals surface area contributed by atoms with Gasteiger partial charge in [0.2, 0.25) is 11.2 Å². The van der Waals surface area contributed by atoms with E-state index in [1.165, 1.54) is 21.6 Å². The number of hydrogen-bond donors (Lipinski definition) is 0. The number of nitrogens with zero attached hydrogens (tertiary/aromatic N) is 6. The fraction of sp³-hybridized carbons (Fsp3) is 0.360. The van der Waals surface area contributed by atoms with Crippen molar-refractivity contribution in [3.8, 4) is 11.1 Å². The van der Waals surface area contributed by atoms with Gasteiger partial charge in [0, 0.05) is 49.0 Å². The van der Waals surface area contributed by atoms with Gasteiger partial charge in [0.25, 0.3) is 0 Å². The van der Waals surface area contributed by atoms with E-state index in [9.17, 15) is 0 Å². The van der Waals surface area contributed by atoms with Crippen molar-refractivity contribution in [1.82, 2.24) is 19.9 Å². The summed E-state index contributed by atoms with van der Waals surface area (Å²) < 4.78 is 0. The number of benzene rings is 1. The van der Waals surface area contributed by atoms with Gasteiger partial charge in [0.15, 0.2) is 0 Å². The van der Waals surface area contributed by atoms with Gasteiger partial charge in [-0.3, -0.25) is 0 Å². The lowest BCUT2D eigenvalue weighted by atomic mass is 9.97. The van der Waals surface area contributed by atoms with Crippen LogP contribution in [0.3, 0.4) is 0 Å². The van der Waals surface area contributed by atoms with E-state index in [-0.39, 0.29) is 0 Å². The van der Waals surface area contributed by atoms with E-state index >= 15 is 0 Å². The summed E-state index contributed by atoms with van der Waals surface area (Å²) >= 11 is 8.13. The molecule has 4 aromatic rings. The number of aromatic nitrogens is 4. The van der Waals surface area contributed by atoms with Gasteiger partial charge in [-0.1, -0.05) is 45.0 Å². The molecule has 1 aromatic carbocycles. The van der Waals surface area contributed by atoms with Gasteiger partial charge in [0.05, 0.1) is 5.39 Å². The second kappa shape index (κ2) is 9.23. The highest BCUT2D eigenvalue weighted by Gasteiger charge is 2.26. The smallest absolute Gasteiger partial charge is 0.225 e. The van der Waals surface area contributed by atoms with Gasteiger partial charge in [-0.2, -0.15) is 4.98 Å². The normalized spacial score (nSPS) is 14.5. The lowest BCUT2D eigenvalue weighted by molar-refractivity contribution is 0.636. The van der Waals surface area contributed by atoms with Crippen LogP contribution in [0.5, 0.6) is 0 Å². The lowest BCUT2D eigenvalue weighted by Crippen LogP contribution is -2.47. The Morgan fingerprint density at radius 2 is 1.64 bits per heavy atom. The molecule has 0 N–H and O–H groups in total. The van der Waals surface area contributed by atoms with Crippen LogP contribution in [0, 0.1) is 0 Å². The fourth-order valence-corrected chi connectivity index (χ4v) is 5.74. The highest BCUT2D eigenvalue weighted by molar-refractivity contribution is 7.19. The average Bonchev–Trinajstić information content (AvgIpc) is 3.22. The summed E-state index contributed by atoms with van der Waals surface area (Å²) in [7, 11) is 0. The van der Waals surface area contributed by atoms with Crippen molar-refractivity contribution in [2.45, 2.75) is 33.1 Å². The molecule has 0 atom stereocenters. The molecule has 0 amide bonds. The molecule has 1 fully saturated rings. The average molecular weight is 479 g/mol. The van der Waals surface area contributed by atoms with Crippen LogP contribution in [0.15, 0.2) is 42.7 Å². The monoisotopic (exact) mass is 478 g/mol. The van der Waals surface area contributed by atoms with Crippen molar-refractivity contribution in [1.29, 1.82) is 0 Å². The third-order valence-corrected chi connectivity index (χ3v) is 7.58. The zero-order chi connectivity index (χ0) is 22.9.